The Morgan fingerprint density at radius 1 is 1.23 bits per heavy atom. The molecule has 1 aromatic carbocycles. The van der Waals surface area contributed by atoms with Crippen LogP contribution in [0.15, 0.2) is 38.7 Å². The molecule has 0 saturated carbocycles. The molecular weight excluding hydrogens is 416 g/mol. The molecule has 0 aliphatic rings. The van der Waals surface area contributed by atoms with Crippen LogP contribution in [-0.2, 0) is 16.7 Å². The average Bonchev–Trinajstić information content (AvgIpc) is 3.38. The first-order valence-electron chi connectivity index (χ1n) is 10.2. The maximum absolute atomic E-state index is 13.1. The number of para-hydroxylation sites is 1. The lowest BCUT2D eigenvalue weighted by Gasteiger charge is -2.12. The first-order valence-corrected chi connectivity index (χ1v) is 11.1. The number of nitrogens with zero attached hydrogens (tertiary/aromatic N) is 6. The highest BCUT2D eigenvalue weighted by molar-refractivity contribution is 7.99. The third-order valence-corrected chi connectivity index (χ3v) is 5.98. The molecule has 0 aliphatic heterocycles. The van der Waals surface area contributed by atoms with E-state index >= 15 is 0 Å². The Hall–Kier alpha value is -2.72. The second-order valence-electron chi connectivity index (χ2n) is 8.40. The van der Waals surface area contributed by atoms with Gasteiger partial charge in [-0.1, -0.05) is 49.8 Å². The summed E-state index contributed by atoms with van der Waals surface area (Å²) in [4.78, 5) is 17.6. The molecule has 0 aliphatic carbocycles. The molecule has 0 spiro atoms. The SMILES string of the molecule is COCCCn1c(=O)c2ccccc2n2c(S[C@@H](C)c3nc(C(C)(C)C)no3)nnc12. The molecule has 0 fully saturated rings. The van der Waals surface area contributed by atoms with Gasteiger partial charge in [0, 0.05) is 25.7 Å². The Labute approximate surface area is 183 Å². The van der Waals surface area contributed by atoms with Gasteiger partial charge in [-0.15, -0.1) is 10.2 Å². The molecule has 10 heteroatoms. The highest BCUT2D eigenvalue weighted by atomic mass is 32.2. The predicted octanol–water partition coefficient (Wildman–Crippen LogP) is 3.61. The Kier molecular flexibility index (Phi) is 5.85. The zero-order chi connectivity index (χ0) is 22.2. The monoisotopic (exact) mass is 442 g/mol. The lowest BCUT2D eigenvalue weighted by molar-refractivity contribution is 0.190. The number of fused-ring (bicyclic) bond motifs is 3. The Morgan fingerprint density at radius 3 is 2.71 bits per heavy atom. The van der Waals surface area contributed by atoms with Gasteiger partial charge >= 0.3 is 0 Å². The second kappa shape index (κ2) is 8.43. The standard InChI is InChI=1S/C21H26N6O3S/c1-13(16-22-18(25-30-16)21(2,3)4)31-20-24-23-19-26(11-8-12-29-5)17(28)14-9-6-7-10-15(14)27(19)20/h6-7,9-10,13H,8,11-12H2,1-5H3/t13-/m0/s1. The number of aryl methyl sites for hydroxylation is 1. The van der Waals surface area contributed by atoms with Gasteiger partial charge in [0.25, 0.3) is 5.56 Å². The van der Waals surface area contributed by atoms with Crippen LogP contribution >= 0.6 is 11.8 Å². The Bertz CT molecular complexity index is 1270. The summed E-state index contributed by atoms with van der Waals surface area (Å²) in [5.41, 5.74) is 0.497. The molecule has 9 nitrogen and oxygen atoms in total. The van der Waals surface area contributed by atoms with Gasteiger partial charge < -0.3 is 9.26 Å². The molecule has 0 radical (unpaired) electrons. The number of benzene rings is 1. The smallest absolute Gasteiger partial charge is 0.262 e. The summed E-state index contributed by atoms with van der Waals surface area (Å²) in [6, 6.07) is 7.50. The zero-order valence-electron chi connectivity index (χ0n) is 18.3. The maximum Gasteiger partial charge on any atom is 0.262 e. The van der Waals surface area contributed by atoms with Gasteiger partial charge in [0.1, 0.15) is 0 Å². The van der Waals surface area contributed by atoms with E-state index in [9.17, 15) is 4.79 Å². The lowest BCUT2D eigenvalue weighted by atomic mass is 9.96. The number of hydrogen-bond donors (Lipinski definition) is 0. The zero-order valence-corrected chi connectivity index (χ0v) is 19.1. The van der Waals surface area contributed by atoms with E-state index in [-0.39, 0.29) is 16.2 Å². The average molecular weight is 443 g/mol. The van der Waals surface area contributed by atoms with E-state index in [1.807, 2.05) is 56.4 Å². The van der Waals surface area contributed by atoms with Gasteiger partial charge in [-0.05, 0) is 25.5 Å². The molecule has 1 atom stereocenters. The van der Waals surface area contributed by atoms with Crippen LogP contribution < -0.4 is 5.56 Å². The topological polar surface area (TPSA) is 100 Å². The van der Waals surface area contributed by atoms with Gasteiger partial charge in [-0.25, -0.2) is 0 Å². The van der Waals surface area contributed by atoms with Crippen molar-refractivity contribution in [2.24, 2.45) is 0 Å². The largest absolute Gasteiger partial charge is 0.385 e. The van der Waals surface area contributed by atoms with Gasteiger partial charge in [-0.2, -0.15) is 4.98 Å². The summed E-state index contributed by atoms with van der Waals surface area (Å²) in [5.74, 6) is 1.71. The second-order valence-corrected chi connectivity index (χ2v) is 9.71. The molecule has 4 aromatic rings. The van der Waals surface area contributed by atoms with Crippen LogP contribution in [0.1, 0.15) is 51.1 Å². The maximum atomic E-state index is 13.1. The number of ether oxygens (including phenoxy) is 1. The quantitative estimate of drug-likeness (QED) is 0.316. The van der Waals surface area contributed by atoms with Crippen LogP contribution in [0.25, 0.3) is 16.7 Å². The van der Waals surface area contributed by atoms with Crippen LogP contribution in [0.4, 0.5) is 0 Å². The van der Waals surface area contributed by atoms with Gasteiger partial charge in [0.05, 0.1) is 16.2 Å². The molecule has 3 aromatic heterocycles. The minimum atomic E-state index is -0.192. The van der Waals surface area contributed by atoms with Crippen molar-refractivity contribution >= 4 is 28.4 Å². The molecule has 164 valence electrons. The van der Waals surface area contributed by atoms with Crippen LogP contribution in [-0.4, -0.2) is 43.0 Å². The molecule has 0 amide bonds. The highest BCUT2D eigenvalue weighted by Crippen LogP contribution is 2.34. The number of thioether (sulfide) groups is 1. The van der Waals surface area contributed by atoms with E-state index in [1.54, 1.807) is 11.7 Å². The van der Waals surface area contributed by atoms with Crippen LogP contribution in [0.3, 0.4) is 0 Å². The van der Waals surface area contributed by atoms with Crippen molar-refractivity contribution in [2.45, 2.75) is 56.5 Å². The number of rotatable bonds is 7. The van der Waals surface area contributed by atoms with Gasteiger partial charge in [-0.3, -0.25) is 13.8 Å². The van der Waals surface area contributed by atoms with Crippen molar-refractivity contribution in [1.82, 2.24) is 29.3 Å². The van der Waals surface area contributed by atoms with Crippen molar-refractivity contribution in [3.63, 3.8) is 0 Å². The molecule has 0 bridgehead atoms. The number of aromatic nitrogens is 6. The fraction of sp³-hybridized carbons (Fsp3) is 0.476. The minimum absolute atomic E-state index is 0.0806. The van der Waals surface area contributed by atoms with Crippen LogP contribution in [0, 0.1) is 0 Å². The van der Waals surface area contributed by atoms with Gasteiger partial charge in [0.2, 0.25) is 11.7 Å². The van der Waals surface area contributed by atoms with Crippen LogP contribution in [0.5, 0.6) is 0 Å². The molecule has 0 saturated heterocycles. The van der Waals surface area contributed by atoms with E-state index in [4.69, 9.17) is 9.26 Å². The predicted molar refractivity (Wildman–Crippen MR) is 119 cm³/mol. The summed E-state index contributed by atoms with van der Waals surface area (Å²) in [6.45, 7) is 9.17. The first kappa shape index (κ1) is 21.5. The first-order chi connectivity index (χ1) is 14.8. The lowest BCUT2D eigenvalue weighted by Crippen LogP contribution is -2.24. The fourth-order valence-corrected chi connectivity index (χ4v) is 4.18. The number of hydrogen-bond acceptors (Lipinski definition) is 8. The van der Waals surface area contributed by atoms with Crippen LogP contribution in [0.2, 0.25) is 0 Å². The summed E-state index contributed by atoms with van der Waals surface area (Å²) in [7, 11) is 1.65. The summed E-state index contributed by atoms with van der Waals surface area (Å²) < 4.78 is 14.2. The molecule has 31 heavy (non-hydrogen) atoms. The third-order valence-electron chi connectivity index (χ3n) is 4.95. The third kappa shape index (κ3) is 4.09. The van der Waals surface area contributed by atoms with E-state index in [1.165, 1.54) is 11.8 Å². The molecule has 0 N–H and O–H groups in total. The van der Waals surface area contributed by atoms with E-state index in [2.05, 4.69) is 20.3 Å². The fourth-order valence-electron chi connectivity index (χ4n) is 3.29. The van der Waals surface area contributed by atoms with Crippen molar-refractivity contribution in [3.05, 3.63) is 46.3 Å². The summed E-state index contributed by atoms with van der Waals surface area (Å²) in [6.07, 6.45) is 0.702. The molecular formula is C21H26N6O3S. The molecule has 4 rings (SSSR count). The highest BCUT2D eigenvalue weighted by Gasteiger charge is 2.25. The number of methoxy groups -OCH3 is 1. The Morgan fingerprint density at radius 2 is 2.00 bits per heavy atom. The van der Waals surface area contributed by atoms with Crippen molar-refractivity contribution < 1.29 is 9.26 Å². The summed E-state index contributed by atoms with van der Waals surface area (Å²) >= 11 is 1.47. The van der Waals surface area contributed by atoms with Gasteiger partial charge in [0.15, 0.2) is 11.0 Å². The van der Waals surface area contributed by atoms with E-state index in [0.717, 1.165) is 5.52 Å². The van der Waals surface area contributed by atoms with Crippen molar-refractivity contribution in [3.8, 4) is 0 Å². The molecule has 3 heterocycles. The molecule has 0 unspecified atom stereocenters. The van der Waals surface area contributed by atoms with Crippen molar-refractivity contribution in [2.75, 3.05) is 13.7 Å². The normalized spacial score (nSPS) is 13.3. The van der Waals surface area contributed by atoms with E-state index in [0.29, 0.717) is 47.6 Å². The Balaban J connectivity index is 1.77. The van der Waals surface area contributed by atoms with E-state index < -0.39 is 0 Å². The summed E-state index contributed by atoms with van der Waals surface area (Å²) in [5, 5.41) is 14.0. The minimum Gasteiger partial charge on any atom is -0.385 e. The van der Waals surface area contributed by atoms with Crippen molar-refractivity contribution in [1.29, 1.82) is 0 Å².